The Morgan fingerprint density at radius 2 is 0.958 bits per heavy atom. The van der Waals surface area contributed by atoms with Gasteiger partial charge >= 0.3 is 20.9 Å². The molecule has 11 heteroatoms. The van der Waals surface area contributed by atoms with E-state index in [1.165, 1.54) is 0 Å². The van der Waals surface area contributed by atoms with Crippen molar-refractivity contribution >= 4 is 47.0 Å². The molecule has 5 heterocycles. The van der Waals surface area contributed by atoms with Crippen LogP contribution in [-0.4, -0.2) is 34.3 Å². The van der Waals surface area contributed by atoms with Gasteiger partial charge in [0.15, 0.2) is 69.2 Å². The Kier molecular flexibility index (Phi) is 9.00. The topological polar surface area (TPSA) is 100 Å². The maximum absolute atomic E-state index is 10.1. The molecule has 48 heavy (non-hydrogen) atoms. The number of pyridine rings is 5. The normalized spacial score (nSPS) is 11.2. The van der Waals surface area contributed by atoms with Crippen molar-refractivity contribution in [2.24, 2.45) is 0 Å². The molecule has 0 saturated heterocycles. The van der Waals surface area contributed by atoms with Gasteiger partial charge in [-0.05, 0) is 29.7 Å². The summed E-state index contributed by atoms with van der Waals surface area (Å²) in [5.41, 5.74) is 5.90. The third-order valence-electron chi connectivity index (χ3n) is 8.54. The van der Waals surface area contributed by atoms with E-state index in [0.29, 0.717) is 37.2 Å². The highest BCUT2D eigenvalue weighted by Crippen LogP contribution is 2.21. The van der Waals surface area contributed by atoms with Crippen molar-refractivity contribution in [1.29, 1.82) is 0 Å². The minimum absolute atomic E-state index is 0.430. The zero-order valence-electron chi connectivity index (χ0n) is 26.4. The maximum atomic E-state index is 10.1. The van der Waals surface area contributed by atoms with Gasteiger partial charge in [-0.1, -0.05) is 24.3 Å². The van der Waals surface area contributed by atoms with E-state index in [9.17, 15) is 20.1 Å². The molecule has 0 bridgehead atoms. The fourth-order valence-corrected chi connectivity index (χ4v) is 6.41. The van der Waals surface area contributed by atoms with Crippen LogP contribution in [0.25, 0.3) is 21.8 Å². The van der Waals surface area contributed by atoms with Crippen LogP contribution >= 0.6 is 0 Å². The van der Waals surface area contributed by atoms with Gasteiger partial charge in [-0.25, -0.2) is 9.13 Å². The van der Waals surface area contributed by atoms with Crippen molar-refractivity contribution in [3.05, 3.63) is 163 Å². The molecule has 0 radical (unpaired) electrons. The third-order valence-corrected chi connectivity index (χ3v) is 8.54. The average Bonchev–Trinajstić information content (AvgIpc) is 3.09. The lowest BCUT2D eigenvalue weighted by molar-refractivity contribution is -0.902. The van der Waals surface area contributed by atoms with Crippen molar-refractivity contribution in [1.82, 2.24) is 0 Å². The third kappa shape index (κ3) is 7.00. The van der Waals surface area contributed by atoms with Crippen LogP contribution < -0.4 is 33.8 Å². The highest BCUT2D eigenvalue weighted by atomic mass is 16.4. The van der Waals surface area contributed by atoms with Gasteiger partial charge in [-0.3, -0.25) is 0 Å². The molecule has 0 unspecified atom stereocenters. The van der Waals surface area contributed by atoms with Gasteiger partial charge in [0, 0.05) is 65.1 Å². The van der Waals surface area contributed by atoms with E-state index in [2.05, 4.69) is 44.0 Å². The molecule has 0 aliphatic carbocycles. The van der Waals surface area contributed by atoms with Gasteiger partial charge in [-0.2, -0.15) is 4.57 Å². The Balaban J connectivity index is 1.22. The first-order valence-corrected chi connectivity index (χ1v) is 15.9. The molecule has 0 atom stereocenters. The number of fused-ring (bicyclic) bond motifs is 3. The Labute approximate surface area is 279 Å². The molecule has 234 valence electrons. The van der Waals surface area contributed by atoms with Crippen LogP contribution in [0, 0.1) is 0 Å². The zero-order chi connectivity index (χ0) is 33.0. The van der Waals surface area contributed by atoms with Crippen LogP contribution in [0.2, 0.25) is 0 Å². The Hall–Kier alpha value is -5.32. The van der Waals surface area contributed by atoms with Gasteiger partial charge in [0.25, 0.3) is 0 Å². The minimum Gasteiger partial charge on any atom is -0.423 e. The first-order valence-electron chi connectivity index (χ1n) is 15.9. The number of rotatable bonds is 10. The molecule has 4 N–H and O–H groups in total. The predicted molar refractivity (Wildman–Crippen MR) is 181 cm³/mol. The second kappa shape index (κ2) is 13.8. The monoisotopic (exact) mass is 636 g/mol. The standard InChI is InChI=1S/C37H36B2N5O4/c45-38(46)32-20-29(23-40-13-3-1-4-14-40)19-30(21-32)26-43-17-7-9-34-35-10-8-18-44(37(35)12-11-36(34)43)28-42-25-31(22-33(27-42)39(47)48)24-41-15-5-2-6-16-41/h1-22,25,27,45-48H,23-24,26,28H2/q+5. The molecule has 0 aliphatic heterocycles. The average molecular weight is 636 g/mol. The summed E-state index contributed by atoms with van der Waals surface area (Å²) in [7, 11) is -3.14. The SMILES string of the molecule is OB(O)c1cc(C[n+]2ccccc2)cc(C[n+]2cccc3c4ccc[n+](C[n+]5cc(C[n+]6ccccc6)cc(B(O)O)c5)c4ccc32)c1. The van der Waals surface area contributed by atoms with Crippen molar-refractivity contribution in [2.75, 3.05) is 0 Å². The zero-order valence-corrected chi connectivity index (χ0v) is 26.4. The molecular weight excluding hydrogens is 600 g/mol. The number of aromatic nitrogens is 5. The van der Waals surface area contributed by atoms with E-state index < -0.39 is 14.2 Å². The number of hydrogen-bond acceptors (Lipinski definition) is 4. The predicted octanol–water partition coefficient (Wildman–Crippen LogP) is -0.559. The lowest BCUT2D eigenvalue weighted by atomic mass is 9.78. The van der Waals surface area contributed by atoms with Crippen molar-refractivity contribution in [3.8, 4) is 0 Å². The van der Waals surface area contributed by atoms with Crippen LogP contribution in [0.1, 0.15) is 16.7 Å². The quantitative estimate of drug-likeness (QED) is 0.0920. The van der Waals surface area contributed by atoms with Crippen molar-refractivity contribution in [2.45, 2.75) is 26.3 Å². The summed E-state index contributed by atoms with van der Waals surface area (Å²) >= 11 is 0. The Bertz CT molecular complexity index is 2060. The maximum Gasteiger partial charge on any atom is 0.494 e. The molecule has 7 rings (SSSR count). The molecule has 9 nitrogen and oxygen atoms in total. The van der Waals surface area contributed by atoms with Crippen LogP contribution in [0.4, 0.5) is 0 Å². The fourth-order valence-electron chi connectivity index (χ4n) is 6.41. The Morgan fingerprint density at radius 1 is 0.438 bits per heavy atom. The molecule has 5 aromatic heterocycles. The van der Waals surface area contributed by atoms with Crippen LogP contribution in [-0.2, 0) is 26.3 Å². The number of benzene rings is 2. The van der Waals surface area contributed by atoms with E-state index in [-0.39, 0.29) is 0 Å². The van der Waals surface area contributed by atoms with Gasteiger partial charge in [0.1, 0.15) is 0 Å². The largest absolute Gasteiger partial charge is 0.494 e. The fraction of sp³-hybridized carbons (Fsp3) is 0.108. The highest BCUT2D eigenvalue weighted by Gasteiger charge is 2.24. The van der Waals surface area contributed by atoms with E-state index >= 15 is 0 Å². The summed E-state index contributed by atoms with van der Waals surface area (Å²) in [5, 5.41) is 42.4. The molecule has 0 aliphatic rings. The number of nitrogens with zero attached hydrogens (tertiary/aromatic N) is 5. The molecule has 0 spiro atoms. The first-order chi connectivity index (χ1) is 23.4. The summed E-state index contributed by atoms with van der Waals surface area (Å²) in [6.45, 7) is 2.24. The Morgan fingerprint density at radius 3 is 1.56 bits per heavy atom. The molecule has 7 aromatic rings. The second-order valence-electron chi connectivity index (χ2n) is 12.1. The summed E-state index contributed by atoms with van der Waals surface area (Å²) < 4.78 is 10.4. The first kappa shape index (κ1) is 31.3. The van der Waals surface area contributed by atoms with Gasteiger partial charge in [-0.15, -0.1) is 9.13 Å². The second-order valence-corrected chi connectivity index (χ2v) is 12.1. The minimum atomic E-state index is -1.58. The summed E-state index contributed by atoms with van der Waals surface area (Å²) in [6, 6.07) is 32.0. The van der Waals surface area contributed by atoms with Gasteiger partial charge in [0.2, 0.25) is 11.0 Å². The molecule has 0 amide bonds. The van der Waals surface area contributed by atoms with E-state index in [1.54, 1.807) is 6.20 Å². The lowest BCUT2D eigenvalue weighted by Gasteiger charge is -2.08. The van der Waals surface area contributed by atoms with Crippen molar-refractivity contribution in [3.63, 3.8) is 0 Å². The number of hydrogen-bond donors (Lipinski definition) is 4. The summed E-state index contributed by atoms with van der Waals surface area (Å²) in [6.07, 6.45) is 15.8. The molecular formula is C37H36B2N5O4+5. The van der Waals surface area contributed by atoms with Crippen LogP contribution in [0.3, 0.4) is 0 Å². The molecule has 2 aromatic carbocycles. The van der Waals surface area contributed by atoms with Crippen LogP contribution in [0.5, 0.6) is 0 Å². The smallest absolute Gasteiger partial charge is 0.423 e. The summed E-state index contributed by atoms with van der Waals surface area (Å²) in [4.78, 5) is 0. The summed E-state index contributed by atoms with van der Waals surface area (Å²) in [5.74, 6) is 0. The van der Waals surface area contributed by atoms with Gasteiger partial charge in [0.05, 0.1) is 16.3 Å². The molecule has 0 fully saturated rings. The van der Waals surface area contributed by atoms with Gasteiger partial charge < -0.3 is 20.1 Å². The van der Waals surface area contributed by atoms with E-state index in [0.717, 1.165) is 38.5 Å². The highest BCUT2D eigenvalue weighted by molar-refractivity contribution is 6.58. The molecule has 0 saturated carbocycles. The van der Waals surface area contributed by atoms with E-state index in [4.69, 9.17) is 0 Å². The van der Waals surface area contributed by atoms with E-state index in [1.807, 2.05) is 119 Å². The lowest BCUT2D eigenvalue weighted by Crippen LogP contribution is -2.54. The van der Waals surface area contributed by atoms with Crippen molar-refractivity contribution < 1.29 is 42.9 Å². The van der Waals surface area contributed by atoms with Crippen LogP contribution in [0.15, 0.2) is 147 Å².